The van der Waals surface area contributed by atoms with Crippen LogP contribution in [-0.2, 0) is 4.79 Å². The second-order valence-electron chi connectivity index (χ2n) is 16.6. The molecule has 0 saturated carbocycles. The monoisotopic (exact) mass is 631 g/mol. The molecule has 0 aromatic carbocycles. The fraction of sp³-hybridized carbons (Fsp3) is 0.886. The molecule has 3 rings (SSSR count). The van der Waals surface area contributed by atoms with Crippen molar-refractivity contribution < 1.29 is 9.90 Å². The Labute approximate surface area is 273 Å². The lowest BCUT2D eigenvalue weighted by molar-refractivity contribution is -0.137. The maximum absolute atomic E-state index is 10.8. The average Bonchev–Trinajstić information content (AvgIpc) is 2.86. The smallest absolute Gasteiger partial charge is 0.303 e. The Hall–Kier alpha value is -2.20. The van der Waals surface area contributed by atoms with Gasteiger partial charge in [0.25, 0.3) is 0 Å². The van der Waals surface area contributed by atoms with E-state index in [0.29, 0.717) is 30.8 Å². The van der Waals surface area contributed by atoms with Crippen LogP contribution in [0.2, 0.25) is 0 Å². The molecule has 1 aromatic rings. The zero-order valence-corrected chi connectivity index (χ0v) is 29.9. The molecule has 2 saturated heterocycles. The quantitative estimate of drug-likeness (QED) is 0.0870. The molecule has 0 spiro atoms. The van der Waals surface area contributed by atoms with Gasteiger partial charge in [-0.1, -0.05) is 32.1 Å². The van der Waals surface area contributed by atoms with Crippen molar-refractivity contribution in [2.45, 2.75) is 167 Å². The summed E-state index contributed by atoms with van der Waals surface area (Å²) in [5.41, 5.74) is 0.777. The first-order valence-electron chi connectivity index (χ1n) is 17.8. The van der Waals surface area contributed by atoms with Crippen LogP contribution in [0, 0.1) is 11.8 Å². The lowest BCUT2D eigenvalue weighted by Gasteiger charge is -2.46. The molecule has 10 heteroatoms. The van der Waals surface area contributed by atoms with Crippen LogP contribution in [0.4, 0.5) is 17.8 Å². The lowest BCUT2D eigenvalue weighted by atomic mass is 9.74. The zero-order valence-electron chi connectivity index (χ0n) is 29.9. The van der Waals surface area contributed by atoms with Crippen molar-refractivity contribution in [2.24, 2.45) is 11.8 Å². The Balaban J connectivity index is 1.46. The number of carboxylic acids is 1. The van der Waals surface area contributed by atoms with Gasteiger partial charge >= 0.3 is 5.97 Å². The Morgan fingerprint density at radius 1 is 0.600 bits per heavy atom. The largest absolute Gasteiger partial charge is 0.481 e. The van der Waals surface area contributed by atoms with E-state index in [-0.39, 0.29) is 28.6 Å². The van der Waals surface area contributed by atoms with Crippen molar-refractivity contribution in [3.05, 3.63) is 0 Å². The molecule has 2 aliphatic heterocycles. The number of hydrogen-bond donors (Lipinski definition) is 6. The van der Waals surface area contributed by atoms with Gasteiger partial charge in [0, 0.05) is 48.2 Å². The molecule has 258 valence electrons. The van der Waals surface area contributed by atoms with Gasteiger partial charge < -0.3 is 31.7 Å². The van der Waals surface area contributed by atoms with E-state index < -0.39 is 5.97 Å². The molecule has 0 unspecified atom stereocenters. The number of piperidine rings is 2. The lowest BCUT2D eigenvalue weighted by Crippen LogP contribution is -2.57. The molecule has 0 bridgehead atoms. The standard InChI is InChI=1S/C35H66N8O2/c1-32(2)22-26(23-33(3,4)42-32)16-11-14-20-37-30-39-29(36-19-13-9-10-18-28(44)45)40-31(41-30)38-21-15-12-17-27-24-34(5,6)43-35(7,8)25-27/h26-27,42-43H,9-25H2,1-8H3,(H,44,45)(H3,36,37,38,39,40,41). The minimum atomic E-state index is -0.737. The van der Waals surface area contributed by atoms with E-state index >= 15 is 0 Å². The first-order chi connectivity index (χ1) is 21.0. The van der Waals surface area contributed by atoms with Crippen LogP contribution in [0.5, 0.6) is 0 Å². The molecule has 45 heavy (non-hydrogen) atoms. The number of nitrogens with one attached hydrogen (secondary N) is 5. The van der Waals surface area contributed by atoms with Crippen LogP contribution in [0.25, 0.3) is 0 Å². The molecule has 2 fully saturated rings. The molecule has 6 N–H and O–H groups in total. The van der Waals surface area contributed by atoms with Crippen molar-refractivity contribution in [1.82, 2.24) is 25.6 Å². The van der Waals surface area contributed by atoms with Crippen molar-refractivity contribution in [2.75, 3.05) is 35.6 Å². The zero-order chi connectivity index (χ0) is 33.1. The van der Waals surface area contributed by atoms with Gasteiger partial charge in [0.05, 0.1) is 0 Å². The summed E-state index contributed by atoms with van der Waals surface area (Å²) in [6, 6.07) is 0. The Kier molecular flexibility index (Phi) is 13.7. The third-order valence-electron chi connectivity index (χ3n) is 9.18. The normalized spacial score (nSPS) is 20.9. The third-order valence-corrected chi connectivity index (χ3v) is 9.18. The van der Waals surface area contributed by atoms with Crippen molar-refractivity contribution in [1.29, 1.82) is 0 Å². The fourth-order valence-electron chi connectivity index (χ4n) is 8.38. The van der Waals surface area contributed by atoms with E-state index in [1.165, 1.54) is 51.4 Å². The van der Waals surface area contributed by atoms with Gasteiger partial charge in [-0.3, -0.25) is 4.79 Å². The average molecular weight is 631 g/mol. The summed E-state index contributed by atoms with van der Waals surface area (Å²) in [7, 11) is 0. The Morgan fingerprint density at radius 2 is 0.933 bits per heavy atom. The first-order valence-corrected chi connectivity index (χ1v) is 17.8. The van der Waals surface area contributed by atoms with E-state index in [1.807, 2.05) is 0 Å². The summed E-state index contributed by atoms with van der Waals surface area (Å²) >= 11 is 0. The summed E-state index contributed by atoms with van der Waals surface area (Å²) in [5, 5.41) is 26.7. The van der Waals surface area contributed by atoms with E-state index in [2.05, 4.69) is 91.9 Å². The summed E-state index contributed by atoms with van der Waals surface area (Å²) in [5.74, 6) is 2.53. The molecule has 3 heterocycles. The summed E-state index contributed by atoms with van der Waals surface area (Å²) in [6.07, 6.45) is 14.6. The van der Waals surface area contributed by atoms with Crippen LogP contribution in [-0.4, -0.2) is 67.8 Å². The first kappa shape index (κ1) is 37.3. The molecular weight excluding hydrogens is 564 g/mol. The van der Waals surface area contributed by atoms with E-state index in [4.69, 9.17) is 10.1 Å². The van der Waals surface area contributed by atoms with Gasteiger partial charge in [0.2, 0.25) is 17.8 Å². The van der Waals surface area contributed by atoms with Crippen LogP contribution in [0.3, 0.4) is 0 Å². The van der Waals surface area contributed by atoms with Crippen LogP contribution in [0.1, 0.15) is 145 Å². The van der Waals surface area contributed by atoms with Crippen molar-refractivity contribution in [3.63, 3.8) is 0 Å². The number of unbranched alkanes of at least 4 members (excludes halogenated alkanes) is 4. The molecule has 0 radical (unpaired) electrons. The number of rotatable bonds is 19. The van der Waals surface area contributed by atoms with Crippen LogP contribution >= 0.6 is 0 Å². The van der Waals surface area contributed by atoms with E-state index in [9.17, 15) is 4.79 Å². The molecule has 0 atom stereocenters. The maximum atomic E-state index is 10.8. The number of anilines is 3. The summed E-state index contributed by atoms with van der Waals surface area (Å²) in [4.78, 5) is 24.8. The topological polar surface area (TPSA) is 136 Å². The predicted molar refractivity (Wildman–Crippen MR) is 187 cm³/mol. The number of aliphatic carboxylic acids is 1. The Bertz CT molecular complexity index is 960. The molecule has 10 nitrogen and oxygen atoms in total. The van der Waals surface area contributed by atoms with Gasteiger partial charge in [0.15, 0.2) is 0 Å². The van der Waals surface area contributed by atoms with Gasteiger partial charge in [-0.05, 0) is 119 Å². The molecule has 0 amide bonds. The highest BCUT2D eigenvalue weighted by atomic mass is 16.4. The van der Waals surface area contributed by atoms with Gasteiger partial charge in [-0.2, -0.15) is 15.0 Å². The Morgan fingerprint density at radius 3 is 1.27 bits per heavy atom. The second-order valence-corrected chi connectivity index (χ2v) is 16.6. The van der Waals surface area contributed by atoms with Gasteiger partial charge in [-0.25, -0.2) is 0 Å². The molecule has 0 aliphatic carbocycles. The SMILES string of the molecule is CC1(C)CC(CCCCNc2nc(NCCCCCC(=O)O)nc(NCCCCC3CC(C)(C)NC(C)(C)C3)n2)CC(C)(C)N1. The van der Waals surface area contributed by atoms with E-state index in [1.54, 1.807) is 0 Å². The minimum absolute atomic E-state index is 0.194. The summed E-state index contributed by atoms with van der Waals surface area (Å²) in [6.45, 7) is 21.0. The number of aromatic nitrogens is 3. The molecular formula is C35H66N8O2. The maximum Gasteiger partial charge on any atom is 0.303 e. The fourth-order valence-corrected chi connectivity index (χ4v) is 8.38. The van der Waals surface area contributed by atoms with Gasteiger partial charge in [0.1, 0.15) is 0 Å². The number of carbonyl (C=O) groups is 1. The molecule has 2 aliphatic rings. The highest BCUT2D eigenvalue weighted by Crippen LogP contribution is 2.36. The van der Waals surface area contributed by atoms with E-state index in [0.717, 1.165) is 50.6 Å². The van der Waals surface area contributed by atoms with Crippen molar-refractivity contribution >= 4 is 23.8 Å². The van der Waals surface area contributed by atoms with Crippen molar-refractivity contribution in [3.8, 4) is 0 Å². The highest BCUT2D eigenvalue weighted by Gasteiger charge is 2.38. The number of hydrogen-bond acceptors (Lipinski definition) is 9. The second kappa shape index (κ2) is 16.6. The highest BCUT2D eigenvalue weighted by molar-refractivity contribution is 5.66. The third kappa shape index (κ3) is 14.8. The van der Waals surface area contributed by atoms with Crippen LogP contribution in [0.15, 0.2) is 0 Å². The number of carboxylic acid groups (broad SMARTS) is 1. The van der Waals surface area contributed by atoms with Gasteiger partial charge in [-0.15, -0.1) is 0 Å². The minimum Gasteiger partial charge on any atom is -0.481 e. The van der Waals surface area contributed by atoms with Crippen LogP contribution < -0.4 is 26.6 Å². The summed E-state index contributed by atoms with van der Waals surface area (Å²) < 4.78 is 0. The number of nitrogens with zero attached hydrogens (tertiary/aromatic N) is 3. The molecule has 1 aromatic heterocycles. The predicted octanol–water partition coefficient (Wildman–Crippen LogP) is 7.21.